The molecular formula is C4H4NORe-. The molecule has 1 heterocycles. The van der Waals surface area contributed by atoms with E-state index in [4.69, 9.17) is 0 Å². The van der Waals surface area contributed by atoms with Crippen LogP contribution in [0.25, 0.3) is 0 Å². The van der Waals surface area contributed by atoms with Gasteiger partial charge < -0.3 is 9.40 Å². The summed E-state index contributed by atoms with van der Waals surface area (Å²) in [6, 6.07) is 0. The Morgan fingerprint density at radius 1 is 1.86 bits per heavy atom. The van der Waals surface area contributed by atoms with Crippen LogP contribution in [0.15, 0.2) is 10.6 Å². The quantitative estimate of drug-likeness (QED) is 0.650. The first-order valence-corrected chi connectivity index (χ1v) is 1.68. The van der Waals surface area contributed by atoms with Crippen molar-refractivity contribution in [1.29, 1.82) is 0 Å². The first-order valence-electron chi connectivity index (χ1n) is 1.68. The van der Waals surface area contributed by atoms with E-state index in [1.165, 1.54) is 0 Å². The maximum Gasteiger partial charge on any atom is 0.102 e. The van der Waals surface area contributed by atoms with E-state index < -0.39 is 0 Å². The molecule has 0 bridgehead atoms. The van der Waals surface area contributed by atoms with Crippen LogP contribution in [0.3, 0.4) is 0 Å². The molecule has 0 aromatic carbocycles. The van der Waals surface area contributed by atoms with E-state index in [1.807, 2.05) is 6.92 Å². The third-order valence-electron chi connectivity index (χ3n) is 0.506. The molecule has 39 valence electrons. The summed E-state index contributed by atoms with van der Waals surface area (Å²) in [6.45, 7) is 1.82. The fourth-order valence-corrected chi connectivity index (χ4v) is 0.242. The van der Waals surface area contributed by atoms with Crippen LogP contribution in [-0.2, 0) is 20.4 Å². The van der Waals surface area contributed by atoms with Crippen LogP contribution < -0.4 is 0 Å². The van der Waals surface area contributed by atoms with E-state index in [9.17, 15) is 0 Å². The molecule has 0 amide bonds. The SMILES string of the molecule is Cc1cn[c-]o1.[Re]. The Morgan fingerprint density at radius 2 is 2.57 bits per heavy atom. The summed E-state index contributed by atoms with van der Waals surface area (Å²) in [5.41, 5.74) is 0. The largest absolute Gasteiger partial charge is 0.578 e. The molecule has 0 atom stereocenters. The smallest absolute Gasteiger partial charge is 0.102 e. The summed E-state index contributed by atoms with van der Waals surface area (Å²) >= 11 is 0. The van der Waals surface area contributed by atoms with Gasteiger partial charge in [0.05, 0.1) is 0 Å². The van der Waals surface area contributed by atoms with Crippen LogP contribution in [-0.4, -0.2) is 4.98 Å². The van der Waals surface area contributed by atoms with Gasteiger partial charge in [0.25, 0.3) is 0 Å². The van der Waals surface area contributed by atoms with Crippen LogP contribution in [0.2, 0.25) is 0 Å². The summed E-state index contributed by atoms with van der Waals surface area (Å²) in [7, 11) is 0. The molecule has 0 saturated carbocycles. The summed E-state index contributed by atoms with van der Waals surface area (Å²) < 4.78 is 4.60. The molecule has 0 aliphatic carbocycles. The van der Waals surface area contributed by atoms with Crippen LogP contribution >= 0.6 is 0 Å². The summed E-state index contributed by atoms with van der Waals surface area (Å²) in [5, 5.41) is 0. The Bertz CT molecular complexity index is 115. The van der Waals surface area contributed by atoms with E-state index in [1.54, 1.807) is 6.20 Å². The minimum atomic E-state index is 0. The molecular weight excluding hydrogens is 264 g/mol. The van der Waals surface area contributed by atoms with E-state index in [2.05, 4.69) is 15.8 Å². The average Bonchev–Trinajstić information content (AvgIpc) is 1.86. The fraction of sp³-hybridized carbons (Fsp3) is 0.250. The van der Waals surface area contributed by atoms with Gasteiger partial charge in [-0.25, -0.2) is 0 Å². The van der Waals surface area contributed by atoms with E-state index in [0.717, 1.165) is 5.76 Å². The molecule has 1 aromatic heterocycles. The summed E-state index contributed by atoms with van der Waals surface area (Å²) in [4.78, 5) is 3.53. The Morgan fingerprint density at radius 3 is 2.71 bits per heavy atom. The molecule has 3 heteroatoms. The minimum absolute atomic E-state index is 0. The van der Waals surface area contributed by atoms with Gasteiger partial charge in [-0.2, -0.15) is 0 Å². The number of hydrogen-bond acceptors (Lipinski definition) is 2. The average molecular weight is 268 g/mol. The molecule has 2 nitrogen and oxygen atoms in total. The van der Waals surface area contributed by atoms with Gasteiger partial charge >= 0.3 is 0 Å². The van der Waals surface area contributed by atoms with Crippen molar-refractivity contribution in [2.45, 2.75) is 6.92 Å². The van der Waals surface area contributed by atoms with Gasteiger partial charge in [-0.05, 0) is 5.76 Å². The van der Waals surface area contributed by atoms with Gasteiger partial charge in [-0.15, -0.1) is 0 Å². The Kier molecular flexibility index (Phi) is 2.90. The molecule has 0 aliphatic heterocycles. The van der Waals surface area contributed by atoms with Gasteiger partial charge in [0.1, 0.15) is 6.39 Å². The monoisotopic (exact) mass is 269 g/mol. The Hall–Kier alpha value is -0.128. The number of rotatable bonds is 0. The molecule has 1 radical (unpaired) electrons. The third kappa shape index (κ3) is 1.86. The van der Waals surface area contributed by atoms with Crippen LogP contribution in [0, 0.1) is 13.3 Å². The summed E-state index contributed by atoms with van der Waals surface area (Å²) in [5.74, 6) is 0.801. The molecule has 0 saturated heterocycles. The molecule has 0 spiro atoms. The van der Waals surface area contributed by atoms with Gasteiger partial charge in [0, 0.05) is 20.4 Å². The fourth-order valence-electron chi connectivity index (χ4n) is 0.242. The standard InChI is InChI=1S/C4H4NO.Re/c1-4-2-5-3-6-4;/h2H,1H3;/q-1;. The molecule has 0 N–H and O–H groups in total. The number of aromatic nitrogens is 1. The van der Waals surface area contributed by atoms with E-state index in [0.29, 0.717) is 0 Å². The molecule has 0 fully saturated rings. The Balaban J connectivity index is 0.000000360. The van der Waals surface area contributed by atoms with E-state index in [-0.39, 0.29) is 20.4 Å². The summed E-state index contributed by atoms with van der Waals surface area (Å²) in [6.07, 6.45) is 3.92. The van der Waals surface area contributed by atoms with Crippen LogP contribution in [0.4, 0.5) is 0 Å². The van der Waals surface area contributed by atoms with Crippen molar-refractivity contribution in [2.75, 3.05) is 0 Å². The molecule has 0 unspecified atom stereocenters. The van der Waals surface area contributed by atoms with Gasteiger partial charge in [-0.1, -0.05) is 13.1 Å². The van der Waals surface area contributed by atoms with Crippen molar-refractivity contribution < 1.29 is 24.8 Å². The minimum Gasteiger partial charge on any atom is -0.578 e. The van der Waals surface area contributed by atoms with Crippen LogP contribution in [0.1, 0.15) is 5.76 Å². The molecule has 1 aromatic rings. The zero-order valence-corrected chi connectivity index (χ0v) is 6.53. The predicted octanol–water partition coefficient (Wildman–Crippen LogP) is 0.781. The van der Waals surface area contributed by atoms with Crippen LogP contribution in [0.5, 0.6) is 0 Å². The predicted molar refractivity (Wildman–Crippen MR) is 20.1 cm³/mol. The number of oxazole rings is 1. The maximum absolute atomic E-state index is 4.60. The molecule has 0 aliphatic rings. The third-order valence-corrected chi connectivity index (χ3v) is 0.506. The number of aryl methyl sites for hydroxylation is 1. The molecule has 7 heavy (non-hydrogen) atoms. The normalized spacial score (nSPS) is 7.57. The Labute approximate surface area is 55.6 Å². The second-order valence-electron chi connectivity index (χ2n) is 1.06. The van der Waals surface area contributed by atoms with Crippen molar-refractivity contribution in [3.63, 3.8) is 0 Å². The van der Waals surface area contributed by atoms with Gasteiger partial charge in [-0.3, -0.25) is 0 Å². The zero-order chi connectivity index (χ0) is 4.41. The van der Waals surface area contributed by atoms with Crippen molar-refractivity contribution in [3.8, 4) is 0 Å². The first kappa shape index (κ1) is 6.87. The van der Waals surface area contributed by atoms with Gasteiger partial charge in [0.2, 0.25) is 0 Å². The van der Waals surface area contributed by atoms with Crippen molar-refractivity contribution in [3.05, 3.63) is 18.4 Å². The van der Waals surface area contributed by atoms with Crippen molar-refractivity contribution in [2.24, 2.45) is 0 Å². The van der Waals surface area contributed by atoms with Crippen molar-refractivity contribution in [1.82, 2.24) is 4.98 Å². The van der Waals surface area contributed by atoms with Gasteiger partial charge in [0.15, 0.2) is 0 Å². The second-order valence-corrected chi connectivity index (χ2v) is 1.06. The molecule has 1 rings (SSSR count). The van der Waals surface area contributed by atoms with Crippen molar-refractivity contribution >= 4 is 0 Å². The number of nitrogens with zero attached hydrogens (tertiary/aromatic N) is 1. The zero-order valence-electron chi connectivity index (χ0n) is 3.81. The topological polar surface area (TPSA) is 26.0 Å². The van der Waals surface area contributed by atoms with E-state index >= 15 is 0 Å². The second kappa shape index (κ2) is 2.95. The number of hydrogen-bond donors (Lipinski definition) is 0. The first-order chi connectivity index (χ1) is 2.89. The maximum atomic E-state index is 4.60.